The number of primary amides is 1. The molecule has 10 nitrogen and oxygen atoms in total. The first-order valence-corrected chi connectivity index (χ1v) is 14.8. The second-order valence-electron chi connectivity index (χ2n) is 12.4. The van der Waals surface area contributed by atoms with Crippen molar-refractivity contribution in [2.45, 2.75) is 77.3 Å². The lowest BCUT2D eigenvalue weighted by Crippen LogP contribution is -2.57. The average molecular weight is 546 g/mol. The number of rotatable bonds is 5. The summed E-state index contributed by atoms with van der Waals surface area (Å²) in [6.07, 6.45) is 9.59. The molecule has 4 aliphatic rings. The predicted molar refractivity (Wildman–Crippen MR) is 147 cm³/mol. The van der Waals surface area contributed by atoms with Crippen LogP contribution in [0, 0.1) is 23.2 Å². The van der Waals surface area contributed by atoms with Crippen LogP contribution in [0.15, 0.2) is 12.2 Å². The molecule has 0 unspecified atom stereocenters. The number of allylic oxidation sites excluding steroid dienone is 2. The summed E-state index contributed by atoms with van der Waals surface area (Å²) in [7, 11) is 0. The standard InChI is InChI=1S/C29H47N5O5/c1-20(2)17-24-27(37)31-23-8-16-39-19-22(23)5-3-4-9-29(28(38)32-24)10-14-33(15-11-29)18-25(35)34-12-6-21(7-13-34)26(30)36/h3-4,20-24H,5-19H2,1-2H3,(H2,30,36)(H,31,37)(H,32,38)/b4-3-/t22-,23+,24-/m1/s1. The molecule has 3 atom stereocenters. The van der Waals surface area contributed by atoms with Crippen molar-refractivity contribution in [3.05, 3.63) is 12.2 Å². The first-order valence-electron chi connectivity index (χ1n) is 14.8. The highest BCUT2D eigenvalue weighted by molar-refractivity contribution is 5.90. The van der Waals surface area contributed by atoms with Crippen molar-refractivity contribution >= 4 is 23.6 Å². The molecule has 0 saturated carbocycles. The van der Waals surface area contributed by atoms with E-state index in [1.807, 2.05) is 4.90 Å². The normalized spacial score (nSPS) is 30.0. The molecule has 3 fully saturated rings. The zero-order chi connectivity index (χ0) is 28.0. The molecule has 3 saturated heterocycles. The maximum atomic E-state index is 13.8. The first-order chi connectivity index (χ1) is 18.7. The summed E-state index contributed by atoms with van der Waals surface area (Å²) in [5.74, 6) is -0.0348. The van der Waals surface area contributed by atoms with Gasteiger partial charge in [-0.1, -0.05) is 26.0 Å². The summed E-state index contributed by atoms with van der Waals surface area (Å²) >= 11 is 0. The van der Waals surface area contributed by atoms with E-state index < -0.39 is 11.5 Å². The van der Waals surface area contributed by atoms with Gasteiger partial charge in [0.15, 0.2) is 0 Å². The Morgan fingerprint density at radius 1 is 1.08 bits per heavy atom. The number of amides is 4. The first kappa shape index (κ1) is 29.5. The molecule has 0 aromatic heterocycles. The van der Waals surface area contributed by atoms with Crippen molar-refractivity contribution in [2.24, 2.45) is 28.9 Å². The number of nitrogens with two attached hydrogens (primary N) is 1. The molecule has 10 heteroatoms. The summed E-state index contributed by atoms with van der Waals surface area (Å²) in [6.45, 7) is 8.12. The number of hydrogen-bond donors (Lipinski definition) is 3. The van der Waals surface area contributed by atoms with Gasteiger partial charge in [-0.2, -0.15) is 0 Å². The molecule has 4 rings (SSSR count). The van der Waals surface area contributed by atoms with Crippen LogP contribution in [-0.4, -0.2) is 91.4 Å². The Hall–Kier alpha value is -2.46. The third kappa shape index (κ3) is 7.60. The molecule has 1 spiro atoms. The van der Waals surface area contributed by atoms with Crippen LogP contribution in [0.4, 0.5) is 0 Å². The van der Waals surface area contributed by atoms with E-state index in [0.29, 0.717) is 84.5 Å². The number of likely N-dealkylation sites (tertiary alicyclic amines) is 2. The molecule has 218 valence electrons. The highest BCUT2D eigenvalue weighted by atomic mass is 16.5. The Bertz CT molecular complexity index is 921. The van der Waals surface area contributed by atoms with Crippen LogP contribution >= 0.6 is 0 Å². The summed E-state index contributed by atoms with van der Waals surface area (Å²) < 4.78 is 5.71. The van der Waals surface area contributed by atoms with Gasteiger partial charge < -0.3 is 26.0 Å². The molecule has 0 aromatic rings. The Morgan fingerprint density at radius 3 is 2.46 bits per heavy atom. The highest BCUT2D eigenvalue weighted by Gasteiger charge is 2.43. The number of hydrogen-bond acceptors (Lipinski definition) is 6. The van der Waals surface area contributed by atoms with E-state index in [1.54, 1.807) is 0 Å². The zero-order valence-electron chi connectivity index (χ0n) is 23.7. The van der Waals surface area contributed by atoms with Crippen LogP contribution in [0.5, 0.6) is 0 Å². The van der Waals surface area contributed by atoms with Gasteiger partial charge in [-0.3, -0.25) is 24.1 Å². The van der Waals surface area contributed by atoms with E-state index in [0.717, 1.165) is 12.8 Å². The van der Waals surface area contributed by atoms with Crippen molar-refractivity contribution in [2.75, 3.05) is 45.9 Å². The quantitative estimate of drug-likeness (QED) is 0.445. The lowest BCUT2D eigenvalue weighted by atomic mass is 9.74. The second kappa shape index (κ2) is 13.3. The van der Waals surface area contributed by atoms with Crippen LogP contribution in [0.2, 0.25) is 0 Å². The molecule has 4 aliphatic heterocycles. The molecular formula is C29H47N5O5. The lowest BCUT2D eigenvalue weighted by molar-refractivity contribution is -0.140. The number of nitrogens with one attached hydrogen (secondary N) is 2. The van der Waals surface area contributed by atoms with E-state index in [9.17, 15) is 19.2 Å². The fourth-order valence-electron chi connectivity index (χ4n) is 6.46. The van der Waals surface area contributed by atoms with E-state index >= 15 is 0 Å². The maximum absolute atomic E-state index is 13.8. The molecule has 0 radical (unpaired) electrons. The van der Waals surface area contributed by atoms with Crippen LogP contribution in [0.3, 0.4) is 0 Å². The van der Waals surface area contributed by atoms with Gasteiger partial charge in [-0.05, 0) is 70.4 Å². The van der Waals surface area contributed by atoms with E-state index in [4.69, 9.17) is 10.5 Å². The van der Waals surface area contributed by atoms with Gasteiger partial charge in [0.05, 0.1) is 18.6 Å². The topological polar surface area (TPSA) is 134 Å². The highest BCUT2D eigenvalue weighted by Crippen LogP contribution is 2.37. The van der Waals surface area contributed by atoms with E-state index in [1.165, 1.54) is 0 Å². The molecule has 4 heterocycles. The Morgan fingerprint density at radius 2 is 1.79 bits per heavy atom. The average Bonchev–Trinajstić information content (AvgIpc) is 2.91. The number of fused-ring (bicyclic) bond motifs is 1. The van der Waals surface area contributed by atoms with E-state index in [-0.39, 0.29) is 47.4 Å². The van der Waals surface area contributed by atoms with Gasteiger partial charge >= 0.3 is 0 Å². The van der Waals surface area contributed by atoms with Crippen molar-refractivity contribution < 1.29 is 23.9 Å². The number of nitrogens with zero attached hydrogens (tertiary/aromatic N) is 2. The molecule has 0 aliphatic carbocycles. The SMILES string of the molecule is CC(C)C[C@H]1NC(=O)C2(C/C=C\C[C@@H]3COCC[C@@H]3NC1=O)CCN(CC(=O)N1CCC(C(N)=O)CC1)CC2. The van der Waals surface area contributed by atoms with Crippen LogP contribution < -0.4 is 16.4 Å². The molecule has 39 heavy (non-hydrogen) atoms. The summed E-state index contributed by atoms with van der Waals surface area (Å²) in [4.78, 5) is 55.5. The summed E-state index contributed by atoms with van der Waals surface area (Å²) in [5.41, 5.74) is 4.82. The lowest BCUT2D eigenvalue weighted by Gasteiger charge is -2.42. The predicted octanol–water partition coefficient (Wildman–Crippen LogP) is 1.19. The minimum absolute atomic E-state index is 0.0539. The van der Waals surface area contributed by atoms with Crippen LogP contribution in [-0.2, 0) is 23.9 Å². The van der Waals surface area contributed by atoms with Crippen molar-refractivity contribution in [3.63, 3.8) is 0 Å². The van der Waals surface area contributed by atoms with Crippen molar-refractivity contribution in [1.29, 1.82) is 0 Å². The zero-order valence-corrected chi connectivity index (χ0v) is 23.7. The van der Waals surface area contributed by atoms with Crippen LogP contribution in [0.25, 0.3) is 0 Å². The summed E-state index contributed by atoms with van der Waals surface area (Å²) in [6, 6.07) is -0.512. The monoisotopic (exact) mass is 545 g/mol. The van der Waals surface area contributed by atoms with Gasteiger partial charge in [0.1, 0.15) is 6.04 Å². The number of carbonyl (C=O) groups excluding carboxylic acids is 4. The molecule has 0 aromatic carbocycles. The van der Waals surface area contributed by atoms with Gasteiger partial charge in [0.25, 0.3) is 0 Å². The Labute approximate surface area is 232 Å². The molecular weight excluding hydrogens is 498 g/mol. The largest absolute Gasteiger partial charge is 0.381 e. The van der Waals surface area contributed by atoms with Gasteiger partial charge in [0.2, 0.25) is 23.6 Å². The van der Waals surface area contributed by atoms with Crippen molar-refractivity contribution in [3.8, 4) is 0 Å². The fourth-order valence-corrected chi connectivity index (χ4v) is 6.46. The number of carbonyl (C=O) groups is 4. The maximum Gasteiger partial charge on any atom is 0.242 e. The van der Waals surface area contributed by atoms with Gasteiger partial charge in [-0.15, -0.1) is 0 Å². The molecule has 4 amide bonds. The summed E-state index contributed by atoms with van der Waals surface area (Å²) in [5, 5.41) is 6.37. The van der Waals surface area contributed by atoms with Crippen LogP contribution in [0.1, 0.15) is 65.2 Å². The van der Waals surface area contributed by atoms with E-state index in [2.05, 4.69) is 41.5 Å². The Kier molecular flexibility index (Phi) is 10.0. The third-order valence-electron chi connectivity index (χ3n) is 9.15. The minimum Gasteiger partial charge on any atom is -0.381 e. The smallest absolute Gasteiger partial charge is 0.242 e. The number of ether oxygens (including phenoxy) is 1. The minimum atomic E-state index is -0.604. The Balaban J connectivity index is 1.41. The van der Waals surface area contributed by atoms with Gasteiger partial charge in [-0.25, -0.2) is 0 Å². The van der Waals surface area contributed by atoms with Crippen molar-refractivity contribution in [1.82, 2.24) is 20.4 Å². The molecule has 0 bridgehead atoms. The molecule has 4 N–H and O–H groups in total. The fraction of sp³-hybridized carbons (Fsp3) is 0.793. The second-order valence-corrected chi connectivity index (χ2v) is 12.4. The number of piperidine rings is 2. The van der Waals surface area contributed by atoms with Gasteiger partial charge in [0, 0.05) is 37.6 Å². The third-order valence-corrected chi connectivity index (χ3v) is 9.15.